The molecular weight excluding hydrogens is 600 g/mol. The van der Waals surface area contributed by atoms with Gasteiger partial charge in [0.1, 0.15) is 6.04 Å². The maximum Gasteiger partial charge on any atom is 0.409 e. The topological polar surface area (TPSA) is 177 Å². The normalized spacial score (nSPS) is 15.4. The van der Waals surface area contributed by atoms with Crippen LogP contribution >= 0.6 is 0 Å². The molecule has 2 atom stereocenters. The summed E-state index contributed by atoms with van der Waals surface area (Å²) in [7, 11) is -0.813. The molecular formula is C32H38N4O8S. The SMILES string of the molecule is COc1ccc(C(Nc2cc(C)cc(C(N)=O)c2)C(=O)N2CCCC2c2cc(NC(=O)O)ccc2S(=O)(=O)C(C)C)cc1OC. The molecule has 12 nitrogen and oxygen atoms in total. The number of methoxy groups -OCH3 is 2. The average Bonchev–Trinajstić information content (AvgIpc) is 3.48. The molecule has 0 aliphatic carbocycles. The molecule has 1 aliphatic rings. The molecule has 1 fully saturated rings. The Kier molecular flexibility index (Phi) is 9.91. The zero-order valence-corrected chi connectivity index (χ0v) is 26.6. The third-order valence-corrected chi connectivity index (χ3v) is 9.97. The van der Waals surface area contributed by atoms with Gasteiger partial charge in [-0.3, -0.25) is 14.9 Å². The molecule has 5 N–H and O–H groups in total. The summed E-state index contributed by atoms with van der Waals surface area (Å²) in [5.74, 6) is -0.128. The number of carbonyl (C=O) groups excluding carboxylic acids is 2. The third-order valence-electron chi connectivity index (χ3n) is 7.74. The highest BCUT2D eigenvalue weighted by Crippen LogP contribution is 2.41. The molecule has 2 unspecified atom stereocenters. The van der Waals surface area contributed by atoms with Crippen LogP contribution in [0.3, 0.4) is 0 Å². The molecule has 0 spiro atoms. The lowest BCUT2D eigenvalue weighted by Gasteiger charge is -2.32. The van der Waals surface area contributed by atoms with Crippen molar-refractivity contribution < 1.29 is 37.4 Å². The lowest BCUT2D eigenvalue weighted by molar-refractivity contribution is -0.133. The number of anilines is 2. The van der Waals surface area contributed by atoms with Gasteiger partial charge >= 0.3 is 6.09 Å². The van der Waals surface area contributed by atoms with E-state index in [2.05, 4.69) is 10.6 Å². The van der Waals surface area contributed by atoms with Gasteiger partial charge in [0, 0.05) is 23.5 Å². The minimum atomic E-state index is -3.80. The van der Waals surface area contributed by atoms with Crippen LogP contribution in [0, 0.1) is 6.92 Å². The number of benzene rings is 3. The molecule has 0 radical (unpaired) electrons. The number of nitrogens with one attached hydrogen (secondary N) is 2. The first-order valence-electron chi connectivity index (χ1n) is 14.3. The number of hydrogen-bond donors (Lipinski definition) is 4. The highest BCUT2D eigenvalue weighted by Gasteiger charge is 2.38. The van der Waals surface area contributed by atoms with Gasteiger partial charge in [-0.15, -0.1) is 0 Å². The van der Waals surface area contributed by atoms with Crippen molar-refractivity contribution in [3.05, 3.63) is 76.9 Å². The molecule has 3 amide bonds. The van der Waals surface area contributed by atoms with Crippen LogP contribution in [-0.2, 0) is 14.6 Å². The number of rotatable bonds is 11. The molecule has 3 aromatic carbocycles. The number of sulfone groups is 1. The third kappa shape index (κ3) is 7.14. The Bertz CT molecular complexity index is 1720. The number of nitrogens with zero attached hydrogens (tertiary/aromatic N) is 1. The number of likely N-dealkylation sites (tertiary alicyclic amines) is 1. The number of carbonyl (C=O) groups is 3. The molecule has 240 valence electrons. The van der Waals surface area contributed by atoms with E-state index in [4.69, 9.17) is 15.2 Å². The first-order valence-corrected chi connectivity index (χ1v) is 15.9. The fourth-order valence-electron chi connectivity index (χ4n) is 5.54. The van der Waals surface area contributed by atoms with Crippen LogP contribution in [0.5, 0.6) is 11.5 Å². The highest BCUT2D eigenvalue weighted by atomic mass is 32.2. The second-order valence-corrected chi connectivity index (χ2v) is 13.6. The average molecular weight is 639 g/mol. The largest absolute Gasteiger partial charge is 0.493 e. The summed E-state index contributed by atoms with van der Waals surface area (Å²) >= 11 is 0. The van der Waals surface area contributed by atoms with Crippen LogP contribution in [0.1, 0.15) is 65.8 Å². The van der Waals surface area contributed by atoms with Gasteiger partial charge in [0.2, 0.25) is 11.8 Å². The highest BCUT2D eigenvalue weighted by molar-refractivity contribution is 7.92. The van der Waals surface area contributed by atoms with Crippen molar-refractivity contribution in [1.82, 2.24) is 4.90 Å². The van der Waals surface area contributed by atoms with Crippen molar-refractivity contribution in [3.63, 3.8) is 0 Å². The number of ether oxygens (including phenoxy) is 2. The number of aryl methyl sites for hydroxylation is 1. The van der Waals surface area contributed by atoms with Crippen LogP contribution in [0.15, 0.2) is 59.5 Å². The van der Waals surface area contributed by atoms with E-state index in [9.17, 15) is 27.9 Å². The minimum Gasteiger partial charge on any atom is -0.493 e. The van der Waals surface area contributed by atoms with Crippen LogP contribution in [0.25, 0.3) is 0 Å². The molecule has 45 heavy (non-hydrogen) atoms. The minimum absolute atomic E-state index is 0.0403. The van der Waals surface area contributed by atoms with E-state index in [1.165, 1.54) is 32.4 Å². The Hall–Kier alpha value is -4.78. The Balaban J connectivity index is 1.84. The van der Waals surface area contributed by atoms with E-state index in [-0.39, 0.29) is 22.1 Å². The van der Waals surface area contributed by atoms with Crippen molar-refractivity contribution in [2.45, 2.75) is 55.8 Å². The van der Waals surface area contributed by atoms with E-state index >= 15 is 0 Å². The molecule has 13 heteroatoms. The lowest BCUT2D eigenvalue weighted by atomic mass is 10.00. The molecule has 1 saturated heterocycles. The summed E-state index contributed by atoms with van der Waals surface area (Å²) in [6.45, 7) is 5.27. The van der Waals surface area contributed by atoms with E-state index in [0.29, 0.717) is 47.7 Å². The molecule has 1 aliphatic heterocycles. The number of carboxylic acid groups (broad SMARTS) is 1. The first kappa shape index (κ1) is 33.1. The second kappa shape index (κ2) is 13.5. The van der Waals surface area contributed by atoms with Crippen LogP contribution < -0.4 is 25.8 Å². The fraction of sp³-hybridized carbons (Fsp3) is 0.344. The number of primary amides is 1. The molecule has 0 aromatic heterocycles. The quantitative estimate of drug-likeness (QED) is 0.227. The summed E-state index contributed by atoms with van der Waals surface area (Å²) in [5.41, 5.74) is 8.09. The fourth-order valence-corrected chi connectivity index (χ4v) is 6.83. The van der Waals surface area contributed by atoms with Crippen LogP contribution in [0.2, 0.25) is 0 Å². The molecule has 1 heterocycles. The molecule has 0 bridgehead atoms. The van der Waals surface area contributed by atoms with Gasteiger partial charge < -0.3 is 30.5 Å². The smallest absolute Gasteiger partial charge is 0.409 e. The van der Waals surface area contributed by atoms with Gasteiger partial charge in [-0.25, -0.2) is 13.2 Å². The zero-order valence-electron chi connectivity index (χ0n) is 25.8. The molecule has 3 aromatic rings. The van der Waals surface area contributed by atoms with Crippen LogP contribution in [-0.4, -0.2) is 62.3 Å². The summed E-state index contributed by atoms with van der Waals surface area (Å²) in [6.07, 6.45) is -0.257. The van der Waals surface area contributed by atoms with E-state index in [1.54, 1.807) is 62.1 Å². The Morgan fingerprint density at radius 1 is 0.978 bits per heavy atom. The van der Waals surface area contributed by atoms with Crippen molar-refractivity contribution in [2.24, 2.45) is 5.73 Å². The van der Waals surface area contributed by atoms with Gasteiger partial charge in [-0.2, -0.15) is 0 Å². The Labute approximate surface area is 262 Å². The van der Waals surface area contributed by atoms with E-state index in [1.807, 2.05) is 0 Å². The maximum atomic E-state index is 14.6. The summed E-state index contributed by atoms with van der Waals surface area (Å²) < 4.78 is 37.8. The van der Waals surface area contributed by atoms with Crippen molar-refractivity contribution in [1.29, 1.82) is 0 Å². The number of hydrogen-bond acceptors (Lipinski definition) is 8. The number of nitrogens with two attached hydrogens (primary N) is 1. The zero-order chi connectivity index (χ0) is 33.1. The van der Waals surface area contributed by atoms with Gasteiger partial charge in [0.05, 0.1) is 30.4 Å². The monoisotopic (exact) mass is 638 g/mol. The summed E-state index contributed by atoms with van der Waals surface area (Å²) in [6, 6.07) is 12.7. The van der Waals surface area contributed by atoms with Gasteiger partial charge in [0.25, 0.3) is 0 Å². The Morgan fingerprint density at radius 2 is 1.69 bits per heavy atom. The van der Waals surface area contributed by atoms with E-state index in [0.717, 1.165) is 5.56 Å². The first-order chi connectivity index (χ1) is 21.3. The van der Waals surface area contributed by atoms with Crippen molar-refractivity contribution in [3.8, 4) is 11.5 Å². The van der Waals surface area contributed by atoms with Crippen molar-refractivity contribution in [2.75, 3.05) is 31.4 Å². The number of amides is 3. The van der Waals surface area contributed by atoms with Gasteiger partial charge in [-0.1, -0.05) is 6.07 Å². The lowest BCUT2D eigenvalue weighted by Crippen LogP contribution is -2.38. The van der Waals surface area contributed by atoms with Crippen molar-refractivity contribution >= 4 is 39.1 Å². The molecule has 0 saturated carbocycles. The van der Waals surface area contributed by atoms with E-state index < -0.39 is 39.2 Å². The predicted octanol–water partition coefficient (Wildman–Crippen LogP) is 4.90. The standard InChI is InChI=1S/C32H38N4O8S/c1-18(2)45(41,42)28-11-9-22(35-32(39)40)17-24(28)25-7-6-12-36(25)31(38)29(20-8-10-26(43-4)27(16-20)44-5)34-23-14-19(3)13-21(15-23)30(33)37/h8-11,13-18,25,29,34-35H,6-7,12H2,1-5H3,(H2,33,37)(H,39,40). The van der Waals surface area contributed by atoms with Crippen LogP contribution in [0.4, 0.5) is 16.2 Å². The summed E-state index contributed by atoms with van der Waals surface area (Å²) in [4.78, 5) is 39.7. The Morgan fingerprint density at radius 3 is 2.31 bits per heavy atom. The summed E-state index contributed by atoms with van der Waals surface area (Å²) in [5, 5.41) is 14.1. The molecule has 4 rings (SSSR count). The second-order valence-electron chi connectivity index (χ2n) is 11.1. The maximum absolute atomic E-state index is 14.6. The van der Waals surface area contributed by atoms with Gasteiger partial charge in [-0.05, 0) is 98.8 Å². The van der Waals surface area contributed by atoms with Gasteiger partial charge in [0.15, 0.2) is 21.3 Å². The predicted molar refractivity (Wildman–Crippen MR) is 170 cm³/mol.